The number of fused-ring (bicyclic) bond motifs is 2. The van der Waals surface area contributed by atoms with Crippen molar-refractivity contribution in [3.05, 3.63) is 147 Å². The van der Waals surface area contributed by atoms with E-state index in [1.54, 1.807) is 88.4 Å². The third kappa shape index (κ3) is 14.1. The third-order valence-electron chi connectivity index (χ3n) is 11.0. The van der Waals surface area contributed by atoms with Gasteiger partial charge in [-0.3, -0.25) is 13.2 Å². The van der Waals surface area contributed by atoms with Gasteiger partial charge >= 0.3 is 24.3 Å². The fourth-order valence-corrected chi connectivity index (χ4v) is 9.17. The number of methoxy groups -OCH3 is 1. The summed E-state index contributed by atoms with van der Waals surface area (Å²) < 4.78 is 117. The zero-order chi connectivity index (χ0) is 49.9. The number of anilines is 2. The number of thiol groups is 1. The smallest absolute Gasteiger partial charge is 0.420 e. The molecule has 2 atom stereocenters. The lowest BCUT2D eigenvalue weighted by molar-refractivity contribution is -0.194. The minimum atomic E-state index is -4.61. The molecule has 5 aromatic carbocycles. The number of carbonyl (C=O) groups excluding carboxylic acids is 2. The minimum Gasteiger partial charge on any atom is -0.494 e. The second-order valence-electron chi connectivity index (χ2n) is 16.4. The fraction of sp³-hybridized carbons (Fsp3) is 0.373. The van der Waals surface area contributed by atoms with Crippen LogP contribution >= 0.6 is 36.7 Å². The standard InChI is InChI=1S/C51H53F6NO8S3/c1-31-9-13-35(14-10-31)46(50(52,53)54)65-68-25-7-22-62-38-17-19-42-40(29-38)44(49(60)64-45-33(3)27-37(28-34(45)4)48(59)61-5)41-30-39(18-20-43(41)58(42)21-6-24-67)63-23-8-26-69-66-47(51(55,56)57)36-15-11-32(2)12-16-36/h9-20,27-30,44,46-47,67H,6-8,21-26H2,1-5H3. The molecule has 0 fully saturated rings. The Kier molecular flexibility index (Phi) is 18.7. The van der Waals surface area contributed by atoms with Crippen molar-refractivity contribution in [2.45, 2.75) is 77.4 Å². The lowest BCUT2D eigenvalue weighted by atomic mass is 9.84. The van der Waals surface area contributed by atoms with Crippen molar-refractivity contribution in [1.82, 2.24) is 0 Å². The number of nitrogens with zero attached hydrogens (tertiary/aromatic N) is 1. The molecule has 0 bridgehead atoms. The zero-order valence-corrected chi connectivity index (χ0v) is 41.1. The average Bonchev–Trinajstić information content (AvgIpc) is 3.30. The van der Waals surface area contributed by atoms with E-state index in [9.17, 15) is 35.9 Å². The van der Waals surface area contributed by atoms with Crippen LogP contribution in [0.3, 0.4) is 0 Å². The molecule has 69 heavy (non-hydrogen) atoms. The van der Waals surface area contributed by atoms with Gasteiger partial charge in [0.25, 0.3) is 0 Å². The second-order valence-corrected chi connectivity index (χ2v) is 18.5. The van der Waals surface area contributed by atoms with Gasteiger partial charge in [-0.05, 0) is 159 Å². The van der Waals surface area contributed by atoms with Gasteiger partial charge in [-0.1, -0.05) is 59.7 Å². The summed E-state index contributed by atoms with van der Waals surface area (Å²) in [6, 6.07) is 25.9. The zero-order valence-electron chi connectivity index (χ0n) is 38.6. The monoisotopic (exact) mass is 1020 g/mol. The Balaban J connectivity index is 1.21. The first kappa shape index (κ1) is 53.3. The predicted molar refractivity (Wildman–Crippen MR) is 260 cm³/mol. The van der Waals surface area contributed by atoms with Gasteiger partial charge < -0.3 is 23.8 Å². The Labute approximate surface area is 412 Å². The molecule has 0 spiro atoms. The summed E-state index contributed by atoms with van der Waals surface area (Å²) >= 11 is 5.88. The van der Waals surface area contributed by atoms with Gasteiger partial charge in [-0.15, -0.1) is 0 Å². The van der Waals surface area contributed by atoms with E-state index in [1.807, 2.05) is 12.1 Å². The van der Waals surface area contributed by atoms with Crippen LogP contribution < -0.4 is 19.1 Å². The van der Waals surface area contributed by atoms with E-state index in [0.29, 0.717) is 101 Å². The number of rotatable bonds is 22. The van der Waals surface area contributed by atoms with Crippen LogP contribution in [0.2, 0.25) is 0 Å². The van der Waals surface area contributed by atoms with Crippen LogP contribution in [-0.4, -0.2) is 68.4 Å². The molecule has 0 saturated heterocycles. The molecule has 1 heterocycles. The van der Waals surface area contributed by atoms with Crippen LogP contribution in [-0.2, 0) is 17.9 Å². The molecule has 2 unspecified atom stereocenters. The number of carbonyl (C=O) groups is 2. The number of esters is 2. The van der Waals surface area contributed by atoms with E-state index in [1.165, 1.54) is 31.4 Å². The lowest BCUT2D eigenvalue weighted by Crippen LogP contribution is -2.31. The van der Waals surface area contributed by atoms with Crippen molar-refractivity contribution in [3.63, 3.8) is 0 Å². The van der Waals surface area contributed by atoms with E-state index in [2.05, 4.69) is 17.5 Å². The normalized spacial score (nSPS) is 14.4. The highest BCUT2D eigenvalue weighted by molar-refractivity contribution is 7.94. The summed E-state index contributed by atoms with van der Waals surface area (Å²) in [5.74, 6) is -0.184. The van der Waals surface area contributed by atoms with E-state index < -0.39 is 42.4 Å². The van der Waals surface area contributed by atoms with Crippen molar-refractivity contribution in [2.75, 3.05) is 49.0 Å². The number of hydrogen-bond donors (Lipinski definition) is 1. The largest absolute Gasteiger partial charge is 0.494 e. The van der Waals surface area contributed by atoms with E-state index in [4.69, 9.17) is 27.3 Å². The summed E-state index contributed by atoms with van der Waals surface area (Å²) in [4.78, 5) is 29.2. The summed E-state index contributed by atoms with van der Waals surface area (Å²) in [5, 5.41) is 0. The number of halogens is 6. The van der Waals surface area contributed by atoms with Crippen LogP contribution in [0.25, 0.3) is 0 Å². The van der Waals surface area contributed by atoms with E-state index in [0.717, 1.165) is 11.1 Å². The second kappa shape index (κ2) is 24.2. The Bertz CT molecular complexity index is 2370. The molecule has 6 rings (SSSR count). The maximum Gasteiger partial charge on any atom is 0.420 e. The van der Waals surface area contributed by atoms with Gasteiger partial charge in [-0.2, -0.15) is 39.0 Å². The van der Waals surface area contributed by atoms with Gasteiger partial charge in [0.2, 0.25) is 0 Å². The highest BCUT2D eigenvalue weighted by atomic mass is 32.2. The van der Waals surface area contributed by atoms with Gasteiger partial charge in [0.05, 0.1) is 25.9 Å². The number of ether oxygens (including phenoxy) is 4. The highest BCUT2D eigenvalue weighted by Gasteiger charge is 2.44. The van der Waals surface area contributed by atoms with Gasteiger partial charge in [0.1, 0.15) is 23.2 Å². The molecule has 18 heteroatoms. The topological polar surface area (TPSA) is 92.8 Å². The fourth-order valence-electron chi connectivity index (χ4n) is 7.65. The van der Waals surface area contributed by atoms with Crippen molar-refractivity contribution in [1.29, 1.82) is 0 Å². The number of aryl methyl sites for hydroxylation is 4. The number of hydrogen-bond acceptors (Lipinski definition) is 12. The molecule has 0 aromatic heterocycles. The molecule has 5 aromatic rings. The average molecular weight is 1020 g/mol. The molecule has 0 aliphatic carbocycles. The predicted octanol–water partition coefficient (Wildman–Crippen LogP) is 13.7. The first-order valence-electron chi connectivity index (χ1n) is 22.1. The van der Waals surface area contributed by atoms with Crippen LogP contribution in [0.15, 0.2) is 97.1 Å². The van der Waals surface area contributed by atoms with Crippen LogP contribution in [0.1, 0.15) is 92.3 Å². The van der Waals surface area contributed by atoms with Crippen LogP contribution in [0.4, 0.5) is 37.7 Å². The lowest BCUT2D eigenvalue weighted by Gasteiger charge is -2.37. The first-order chi connectivity index (χ1) is 32.9. The van der Waals surface area contributed by atoms with E-state index >= 15 is 0 Å². The van der Waals surface area contributed by atoms with Crippen LogP contribution in [0.5, 0.6) is 17.2 Å². The summed E-state index contributed by atoms with van der Waals surface area (Å²) in [7, 11) is 1.27. The van der Waals surface area contributed by atoms with Crippen LogP contribution in [0, 0.1) is 27.7 Å². The molecule has 0 N–H and O–H groups in total. The van der Waals surface area contributed by atoms with Crippen molar-refractivity contribution in [2.24, 2.45) is 0 Å². The Hall–Kier alpha value is -5.01. The van der Waals surface area contributed by atoms with Gasteiger partial charge in [0.15, 0.2) is 12.2 Å². The number of alkyl halides is 6. The minimum absolute atomic E-state index is 0.00573. The first-order valence-corrected chi connectivity index (χ1v) is 24.5. The molecule has 1 aliphatic rings. The summed E-state index contributed by atoms with van der Waals surface area (Å²) in [5.41, 5.74) is 5.52. The SMILES string of the molecule is COC(=O)c1cc(C)c(OC(=O)C2c3cc(OCCCSOC(c4ccc(C)cc4)C(F)(F)F)ccc3N(CCCS)c3ccc(OCCCSOC(c4ccc(C)cc4)C(F)(F)F)cc32)c(C)c1. The molecule has 0 radical (unpaired) electrons. The maximum absolute atomic E-state index is 14.7. The Morgan fingerprint density at radius 3 is 1.51 bits per heavy atom. The van der Waals surface area contributed by atoms with Gasteiger partial charge in [0, 0.05) is 29.4 Å². The highest BCUT2D eigenvalue weighted by Crippen LogP contribution is 2.49. The Morgan fingerprint density at radius 1 is 0.652 bits per heavy atom. The van der Waals surface area contributed by atoms with Gasteiger partial charge in [-0.25, -0.2) is 4.79 Å². The molecule has 370 valence electrons. The molecular formula is C51H53F6NO8S3. The van der Waals surface area contributed by atoms with Crippen molar-refractivity contribution >= 4 is 60.0 Å². The maximum atomic E-state index is 14.7. The summed E-state index contributed by atoms with van der Waals surface area (Å²) in [6.07, 6.45) is -12.1. The van der Waals surface area contributed by atoms with Crippen molar-refractivity contribution < 1.29 is 63.2 Å². The van der Waals surface area contributed by atoms with E-state index in [-0.39, 0.29) is 47.2 Å². The third-order valence-corrected chi connectivity index (χ3v) is 12.9. The quantitative estimate of drug-likeness (QED) is 0.0179. The van der Waals surface area contributed by atoms with Crippen molar-refractivity contribution in [3.8, 4) is 17.2 Å². The molecule has 1 aliphatic heterocycles. The Morgan fingerprint density at radius 2 is 1.10 bits per heavy atom. The molecule has 0 amide bonds. The number of benzene rings is 5. The molecule has 9 nitrogen and oxygen atoms in total. The summed E-state index contributed by atoms with van der Waals surface area (Å²) in [6.45, 7) is 7.78. The molecule has 0 saturated carbocycles. The molecular weight excluding hydrogens is 965 g/mol.